The van der Waals surface area contributed by atoms with Crippen molar-refractivity contribution in [3.8, 4) is 0 Å². The van der Waals surface area contributed by atoms with E-state index in [1.807, 2.05) is 31.2 Å². The first-order valence-corrected chi connectivity index (χ1v) is 8.35. The van der Waals surface area contributed by atoms with Gasteiger partial charge in [-0.05, 0) is 37.2 Å². The van der Waals surface area contributed by atoms with Gasteiger partial charge in [0.1, 0.15) is 6.04 Å². The number of halogens is 2. The molecule has 9 heteroatoms. The van der Waals surface area contributed by atoms with Gasteiger partial charge in [-0.1, -0.05) is 19.1 Å². The van der Waals surface area contributed by atoms with Crippen LogP contribution in [0.25, 0.3) is 0 Å². The SMILES string of the molecule is CCNCc1cccc(NC(=O)CN(C)C(=O)C(C)n2cccn2)c1.Cl.Cl. The molecule has 0 aliphatic rings. The summed E-state index contributed by atoms with van der Waals surface area (Å²) in [5, 5.41) is 10.1. The minimum absolute atomic E-state index is 0. The molecule has 27 heavy (non-hydrogen) atoms. The number of carbonyl (C=O) groups excluding carboxylic acids is 2. The summed E-state index contributed by atoms with van der Waals surface area (Å²) < 4.78 is 1.57. The Kier molecular flexibility index (Phi) is 11.4. The van der Waals surface area contributed by atoms with Gasteiger partial charge in [0.2, 0.25) is 11.8 Å². The second kappa shape index (κ2) is 12.3. The molecular weight excluding hydrogens is 389 g/mol. The van der Waals surface area contributed by atoms with E-state index in [4.69, 9.17) is 0 Å². The van der Waals surface area contributed by atoms with Crippen molar-refractivity contribution in [3.63, 3.8) is 0 Å². The van der Waals surface area contributed by atoms with Crippen LogP contribution in [0.15, 0.2) is 42.7 Å². The normalized spacial score (nSPS) is 10.9. The summed E-state index contributed by atoms with van der Waals surface area (Å²) in [7, 11) is 1.61. The van der Waals surface area contributed by atoms with Gasteiger partial charge in [-0.3, -0.25) is 14.3 Å². The smallest absolute Gasteiger partial charge is 0.247 e. The molecular formula is C18H27Cl2N5O2. The molecule has 1 aromatic heterocycles. The highest BCUT2D eigenvalue weighted by atomic mass is 35.5. The Hall–Kier alpha value is -2.09. The van der Waals surface area contributed by atoms with Gasteiger partial charge in [0.25, 0.3) is 0 Å². The molecule has 2 amide bonds. The number of hydrogen-bond donors (Lipinski definition) is 2. The van der Waals surface area contributed by atoms with Gasteiger partial charge in [0, 0.05) is 31.7 Å². The Labute approximate surface area is 172 Å². The lowest BCUT2D eigenvalue weighted by atomic mass is 10.2. The van der Waals surface area contributed by atoms with E-state index >= 15 is 0 Å². The predicted octanol–water partition coefficient (Wildman–Crippen LogP) is 2.49. The zero-order valence-electron chi connectivity index (χ0n) is 15.7. The summed E-state index contributed by atoms with van der Waals surface area (Å²) >= 11 is 0. The lowest BCUT2D eigenvalue weighted by molar-refractivity contribution is -0.136. The van der Waals surface area contributed by atoms with E-state index in [0.29, 0.717) is 0 Å². The molecule has 0 saturated carbocycles. The summed E-state index contributed by atoms with van der Waals surface area (Å²) in [4.78, 5) is 26.0. The summed E-state index contributed by atoms with van der Waals surface area (Å²) in [6.45, 7) is 5.43. The molecule has 0 radical (unpaired) electrons. The van der Waals surface area contributed by atoms with E-state index in [1.165, 1.54) is 4.90 Å². The van der Waals surface area contributed by atoms with Gasteiger partial charge in [-0.15, -0.1) is 24.8 Å². The van der Waals surface area contributed by atoms with Crippen LogP contribution >= 0.6 is 24.8 Å². The van der Waals surface area contributed by atoms with Gasteiger partial charge < -0.3 is 15.5 Å². The fraction of sp³-hybridized carbons (Fsp3) is 0.389. The molecule has 7 nitrogen and oxygen atoms in total. The first kappa shape index (κ1) is 24.9. The molecule has 2 rings (SSSR count). The fourth-order valence-corrected chi connectivity index (χ4v) is 2.46. The van der Waals surface area contributed by atoms with Crippen molar-refractivity contribution < 1.29 is 9.59 Å². The van der Waals surface area contributed by atoms with E-state index in [0.717, 1.165) is 24.3 Å². The Morgan fingerprint density at radius 2 is 2.00 bits per heavy atom. The first-order valence-electron chi connectivity index (χ1n) is 8.35. The van der Waals surface area contributed by atoms with Gasteiger partial charge in [0.05, 0.1) is 6.54 Å². The third-order valence-electron chi connectivity index (χ3n) is 3.83. The van der Waals surface area contributed by atoms with Crippen LogP contribution in [0.3, 0.4) is 0 Å². The standard InChI is InChI=1S/C18H25N5O2.2ClH/c1-4-19-12-15-7-5-8-16(11-15)21-17(24)13-22(3)18(25)14(2)23-10-6-9-20-23;;/h5-11,14,19H,4,12-13H2,1-3H3,(H,21,24);2*1H. The number of anilines is 1. The van der Waals surface area contributed by atoms with Crippen molar-refractivity contribution >= 4 is 42.3 Å². The van der Waals surface area contributed by atoms with E-state index in [2.05, 4.69) is 15.7 Å². The van der Waals surface area contributed by atoms with Crippen molar-refractivity contribution in [1.29, 1.82) is 0 Å². The lowest BCUT2D eigenvalue weighted by Gasteiger charge is -2.21. The fourth-order valence-electron chi connectivity index (χ4n) is 2.46. The molecule has 0 saturated heterocycles. The molecule has 2 N–H and O–H groups in total. The Morgan fingerprint density at radius 1 is 1.26 bits per heavy atom. The second-order valence-electron chi connectivity index (χ2n) is 5.89. The maximum absolute atomic E-state index is 12.4. The van der Waals surface area contributed by atoms with Crippen LogP contribution in [0.2, 0.25) is 0 Å². The first-order chi connectivity index (χ1) is 12.0. The zero-order valence-corrected chi connectivity index (χ0v) is 17.3. The number of nitrogens with one attached hydrogen (secondary N) is 2. The second-order valence-corrected chi connectivity index (χ2v) is 5.89. The van der Waals surface area contributed by atoms with Crippen LogP contribution in [0.1, 0.15) is 25.5 Å². The van der Waals surface area contributed by atoms with Gasteiger partial charge >= 0.3 is 0 Å². The van der Waals surface area contributed by atoms with E-state index in [-0.39, 0.29) is 43.2 Å². The molecule has 150 valence electrons. The van der Waals surface area contributed by atoms with Crippen LogP contribution in [0, 0.1) is 0 Å². The molecule has 2 aromatic rings. The van der Waals surface area contributed by atoms with E-state index < -0.39 is 6.04 Å². The number of aromatic nitrogens is 2. The zero-order chi connectivity index (χ0) is 18.2. The molecule has 0 aliphatic carbocycles. The average Bonchev–Trinajstić information content (AvgIpc) is 3.13. The molecule has 0 fully saturated rings. The Morgan fingerprint density at radius 3 is 2.63 bits per heavy atom. The summed E-state index contributed by atoms with van der Waals surface area (Å²) in [5.74, 6) is -0.399. The minimum Gasteiger partial charge on any atom is -0.335 e. The lowest BCUT2D eigenvalue weighted by Crippen LogP contribution is -2.38. The molecule has 1 heterocycles. The van der Waals surface area contributed by atoms with Crippen LogP contribution < -0.4 is 10.6 Å². The van der Waals surface area contributed by atoms with Crippen molar-refractivity contribution in [2.45, 2.75) is 26.4 Å². The molecule has 0 aliphatic heterocycles. The number of nitrogens with zero attached hydrogens (tertiary/aromatic N) is 3. The van der Waals surface area contributed by atoms with Crippen molar-refractivity contribution in [3.05, 3.63) is 48.3 Å². The van der Waals surface area contributed by atoms with Gasteiger partial charge in [-0.25, -0.2) is 0 Å². The van der Waals surface area contributed by atoms with Crippen LogP contribution in [-0.4, -0.2) is 46.6 Å². The quantitative estimate of drug-likeness (QED) is 0.693. The Balaban J connectivity index is 0.00000338. The topological polar surface area (TPSA) is 79.3 Å². The van der Waals surface area contributed by atoms with E-state index in [9.17, 15) is 9.59 Å². The number of hydrogen-bond acceptors (Lipinski definition) is 4. The summed E-state index contributed by atoms with van der Waals surface area (Å²) in [5.41, 5.74) is 1.82. The number of carbonyl (C=O) groups is 2. The highest BCUT2D eigenvalue weighted by Crippen LogP contribution is 2.11. The van der Waals surface area contributed by atoms with Crippen molar-refractivity contribution in [2.24, 2.45) is 0 Å². The van der Waals surface area contributed by atoms with Crippen molar-refractivity contribution in [2.75, 3.05) is 25.5 Å². The molecule has 1 aromatic carbocycles. The van der Waals surface area contributed by atoms with Crippen LogP contribution in [0.4, 0.5) is 5.69 Å². The number of amides is 2. The predicted molar refractivity (Wildman–Crippen MR) is 112 cm³/mol. The molecule has 1 atom stereocenters. The van der Waals surface area contributed by atoms with Crippen LogP contribution in [-0.2, 0) is 16.1 Å². The maximum Gasteiger partial charge on any atom is 0.247 e. The minimum atomic E-state index is -0.448. The van der Waals surface area contributed by atoms with Gasteiger partial charge in [0.15, 0.2) is 0 Å². The highest BCUT2D eigenvalue weighted by molar-refractivity contribution is 5.95. The molecule has 0 spiro atoms. The summed E-state index contributed by atoms with van der Waals surface area (Å²) in [6, 6.07) is 8.97. The Bertz CT molecular complexity index is 710. The number of rotatable bonds is 8. The maximum atomic E-state index is 12.4. The van der Waals surface area contributed by atoms with E-state index in [1.54, 1.807) is 37.1 Å². The summed E-state index contributed by atoms with van der Waals surface area (Å²) in [6.07, 6.45) is 3.35. The third-order valence-corrected chi connectivity index (χ3v) is 3.83. The largest absolute Gasteiger partial charge is 0.335 e. The molecule has 0 bridgehead atoms. The highest BCUT2D eigenvalue weighted by Gasteiger charge is 2.21. The monoisotopic (exact) mass is 415 g/mol. The van der Waals surface area contributed by atoms with Gasteiger partial charge in [-0.2, -0.15) is 5.10 Å². The third kappa shape index (κ3) is 7.58. The number of likely N-dealkylation sites (N-methyl/N-ethyl adjacent to an activating group) is 1. The molecule has 1 unspecified atom stereocenters. The number of benzene rings is 1. The average molecular weight is 416 g/mol. The van der Waals surface area contributed by atoms with Crippen LogP contribution in [0.5, 0.6) is 0 Å². The van der Waals surface area contributed by atoms with Crippen molar-refractivity contribution in [1.82, 2.24) is 20.0 Å².